The molecular formula is C17H21NS. The van der Waals surface area contributed by atoms with Crippen LogP contribution in [-0.2, 0) is 0 Å². The number of nitrogens with two attached hydrogens (primary N) is 1. The van der Waals surface area contributed by atoms with Crippen LogP contribution in [0.15, 0.2) is 64.4 Å². The summed E-state index contributed by atoms with van der Waals surface area (Å²) in [7, 11) is 0. The van der Waals surface area contributed by atoms with Crippen molar-refractivity contribution in [2.24, 2.45) is 11.7 Å². The van der Waals surface area contributed by atoms with E-state index in [1.54, 1.807) is 11.8 Å². The molecule has 0 radical (unpaired) electrons. The average molecular weight is 271 g/mol. The van der Waals surface area contributed by atoms with Gasteiger partial charge in [0, 0.05) is 9.79 Å². The van der Waals surface area contributed by atoms with Gasteiger partial charge in [0.15, 0.2) is 0 Å². The van der Waals surface area contributed by atoms with E-state index in [2.05, 4.69) is 62.4 Å². The van der Waals surface area contributed by atoms with Crippen LogP contribution < -0.4 is 5.73 Å². The molecule has 1 nitrogen and oxygen atoms in total. The second kappa shape index (κ2) is 6.78. The molecule has 0 aliphatic carbocycles. The van der Waals surface area contributed by atoms with Gasteiger partial charge >= 0.3 is 0 Å². The summed E-state index contributed by atoms with van der Waals surface area (Å²) in [5, 5.41) is 0. The van der Waals surface area contributed by atoms with Gasteiger partial charge < -0.3 is 5.73 Å². The Kier molecular flexibility index (Phi) is 5.06. The number of rotatable bonds is 5. The van der Waals surface area contributed by atoms with Crippen LogP contribution >= 0.6 is 11.8 Å². The van der Waals surface area contributed by atoms with E-state index in [0.29, 0.717) is 11.8 Å². The summed E-state index contributed by atoms with van der Waals surface area (Å²) in [4.78, 5) is 2.56. The Hall–Kier alpha value is -1.25. The molecule has 0 spiro atoms. The number of hydrogen-bond acceptors (Lipinski definition) is 2. The van der Waals surface area contributed by atoms with Crippen LogP contribution in [0.4, 0.5) is 0 Å². The highest BCUT2D eigenvalue weighted by Crippen LogP contribution is 2.30. The van der Waals surface area contributed by atoms with Gasteiger partial charge in [0.05, 0.1) is 0 Å². The fourth-order valence-electron chi connectivity index (χ4n) is 2.00. The lowest BCUT2D eigenvalue weighted by molar-refractivity contribution is 0.499. The molecule has 19 heavy (non-hydrogen) atoms. The van der Waals surface area contributed by atoms with E-state index in [0.717, 1.165) is 6.54 Å². The van der Waals surface area contributed by atoms with Crippen molar-refractivity contribution < 1.29 is 0 Å². The van der Waals surface area contributed by atoms with Gasteiger partial charge in [-0.2, -0.15) is 0 Å². The molecule has 100 valence electrons. The van der Waals surface area contributed by atoms with Crippen molar-refractivity contribution in [3.05, 3.63) is 60.2 Å². The third-order valence-electron chi connectivity index (χ3n) is 3.61. The first-order valence-corrected chi connectivity index (χ1v) is 7.55. The molecule has 0 amide bonds. The summed E-state index contributed by atoms with van der Waals surface area (Å²) in [6, 6.07) is 19.3. The standard InChI is InChI=1S/C17H21NS/c1-13(12-18)14(2)15-8-10-17(11-9-15)19-16-6-4-3-5-7-16/h3-11,13-14H,12,18H2,1-2H3. The van der Waals surface area contributed by atoms with Gasteiger partial charge in [-0.25, -0.2) is 0 Å². The van der Waals surface area contributed by atoms with Crippen molar-refractivity contribution in [1.29, 1.82) is 0 Å². The molecule has 2 aromatic rings. The summed E-state index contributed by atoms with van der Waals surface area (Å²) in [6.07, 6.45) is 0. The van der Waals surface area contributed by atoms with Gasteiger partial charge in [-0.3, -0.25) is 0 Å². The van der Waals surface area contributed by atoms with Crippen LogP contribution in [-0.4, -0.2) is 6.54 Å². The van der Waals surface area contributed by atoms with Crippen LogP contribution in [0.2, 0.25) is 0 Å². The Labute approximate surface area is 120 Å². The Morgan fingerprint density at radius 1 is 0.895 bits per heavy atom. The molecule has 0 aliphatic heterocycles. The molecule has 2 aromatic carbocycles. The Morgan fingerprint density at radius 3 is 2.05 bits per heavy atom. The molecule has 2 unspecified atom stereocenters. The maximum atomic E-state index is 5.74. The van der Waals surface area contributed by atoms with E-state index < -0.39 is 0 Å². The minimum Gasteiger partial charge on any atom is -0.330 e. The highest BCUT2D eigenvalue weighted by atomic mass is 32.2. The smallest absolute Gasteiger partial charge is 0.0122 e. The van der Waals surface area contributed by atoms with Gasteiger partial charge in [-0.1, -0.05) is 55.9 Å². The normalized spacial score (nSPS) is 14.1. The van der Waals surface area contributed by atoms with E-state index in [-0.39, 0.29) is 0 Å². The van der Waals surface area contributed by atoms with Crippen LogP contribution in [0.5, 0.6) is 0 Å². The largest absolute Gasteiger partial charge is 0.330 e. The van der Waals surface area contributed by atoms with Crippen molar-refractivity contribution in [2.75, 3.05) is 6.54 Å². The van der Waals surface area contributed by atoms with E-state index in [1.807, 2.05) is 6.07 Å². The maximum absolute atomic E-state index is 5.74. The minimum atomic E-state index is 0.515. The van der Waals surface area contributed by atoms with Crippen LogP contribution in [0, 0.1) is 5.92 Å². The lowest BCUT2D eigenvalue weighted by atomic mass is 9.89. The lowest BCUT2D eigenvalue weighted by Gasteiger charge is -2.18. The first-order chi connectivity index (χ1) is 9.20. The molecule has 2 heteroatoms. The summed E-state index contributed by atoms with van der Waals surface area (Å²) in [5.41, 5.74) is 7.11. The van der Waals surface area contributed by atoms with E-state index in [1.165, 1.54) is 15.4 Å². The van der Waals surface area contributed by atoms with Crippen molar-refractivity contribution in [3.8, 4) is 0 Å². The maximum Gasteiger partial charge on any atom is 0.0122 e. The van der Waals surface area contributed by atoms with Crippen LogP contribution in [0.1, 0.15) is 25.3 Å². The average Bonchev–Trinajstić information content (AvgIpc) is 2.47. The molecule has 0 saturated carbocycles. The number of hydrogen-bond donors (Lipinski definition) is 1. The Morgan fingerprint density at radius 2 is 1.47 bits per heavy atom. The van der Waals surface area contributed by atoms with Crippen molar-refractivity contribution in [2.45, 2.75) is 29.6 Å². The summed E-state index contributed by atoms with van der Waals surface area (Å²) in [5.74, 6) is 1.04. The fraction of sp³-hybridized carbons (Fsp3) is 0.294. The Balaban J connectivity index is 2.06. The third kappa shape index (κ3) is 3.85. The summed E-state index contributed by atoms with van der Waals surface area (Å²) in [6.45, 7) is 5.19. The van der Waals surface area contributed by atoms with Gasteiger partial charge in [0.1, 0.15) is 0 Å². The van der Waals surface area contributed by atoms with Crippen LogP contribution in [0.25, 0.3) is 0 Å². The quantitative estimate of drug-likeness (QED) is 0.864. The highest BCUT2D eigenvalue weighted by Gasteiger charge is 2.12. The van der Waals surface area contributed by atoms with Gasteiger partial charge in [-0.15, -0.1) is 0 Å². The molecule has 0 aromatic heterocycles. The third-order valence-corrected chi connectivity index (χ3v) is 4.63. The van der Waals surface area contributed by atoms with Crippen molar-refractivity contribution in [3.63, 3.8) is 0 Å². The second-order valence-corrected chi connectivity index (χ2v) is 6.13. The Bertz CT molecular complexity index is 492. The second-order valence-electron chi connectivity index (χ2n) is 4.99. The lowest BCUT2D eigenvalue weighted by Crippen LogP contribution is -2.16. The molecule has 0 bridgehead atoms. The minimum absolute atomic E-state index is 0.515. The molecule has 0 fully saturated rings. The van der Waals surface area contributed by atoms with Crippen LogP contribution in [0.3, 0.4) is 0 Å². The predicted octanol–water partition coefficient (Wildman–Crippen LogP) is 4.54. The van der Waals surface area contributed by atoms with E-state index >= 15 is 0 Å². The molecule has 2 rings (SSSR count). The molecule has 2 atom stereocenters. The van der Waals surface area contributed by atoms with Gasteiger partial charge in [0.2, 0.25) is 0 Å². The van der Waals surface area contributed by atoms with E-state index in [9.17, 15) is 0 Å². The monoisotopic (exact) mass is 271 g/mol. The topological polar surface area (TPSA) is 26.0 Å². The highest BCUT2D eigenvalue weighted by molar-refractivity contribution is 7.99. The summed E-state index contributed by atoms with van der Waals surface area (Å²) < 4.78 is 0. The number of benzene rings is 2. The van der Waals surface area contributed by atoms with Crippen molar-refractivity contribution in [1.82, 2.24) is 0 Å². The molecule has 0 saturated heterocycles. The van der Waals surface area contributed by atoms with Gasteiger partial charge in [0.25, 0.3) is 0 Å². The zero-order valence-electron chi connectivity index (χ0n) is 11.5. The van der Waals surface area contributed by atoms with E-state index in [4.69, 9.17) is 5.73 Å². The molecule has 0 aliphatic rings. The molecular weight excluding hydrogens is 250 g/mol. The predicted molar refractivity (Wildman–Crippen MR) is 83.6 cm³/mol. The first kappa shape index (κ1) is 14.2. The fourth-order valence-corrected chi connectivity index (χ4v) is 2.83. The molecule has 2 N–H and O–H groups in total. The van der Waals surface area contributed by atoms with Crippen molar-refractivity contribution >= 4 is 11.8 Å². The molecule has 0 heterocycles. The zero-order chi connectivity index (χ0) is 13.7. The zero-order valence-corrected chi connectivity index (χ0v) is 12.4. The first-order valence-electron chi connectivity index (χ1n) is 6.73. The summed E-state index contributed by atoms with van der Waals surface area (Å²) >= 11 is 1.80. The SMILES string of the molecule is CC(CN)C(C)c1ccc(Sc2ccccc2)cc1. The van der Waals surface area contributed by atoms with Gasteiger partial charge in [-0.05, 0) is 48.2 Å².